The summed E-state index contributed by atoms with van der Waals surface area (Å²) in [4.78, 5) is 38.4. The SMILES string of the molecule is CC/C=C\C/C=C\C/C=C\C/C=C\C/C=C\C/C=C\C/C=C\CCCCCC(=O)OCC(COC(=O)CCCCCC/C=C\C/C=C\C/C=C\C/C=C\CC)OC(=O)CCCCCCCCCC/C=C\C/C=C\C/C=C\C/C=C\CC. The zero-order chi connectivity index (χ0) is 58.5. The Morgan fingerprint density at radius 1 is 0.247 bits per heavy atom. The molecule has 0 fully saturated rings. The molecule has 0 aliphatic carbocycles. The Balaban J connectivity index is 4.54. The highest BCUT2D eigenvalue weighted by atomic mass is 16.6. The van der Waals surface area contributed by atoms with Crippen LogP contribution in [0.25, 0.3) is 0 Å². The van der Waals surface area contributed by atoms with E-state index in [2.05, 4.69) is 203 Å². The normalized spacial score (nSPS) is 13.4. The number of hydrogen-bond donors (Lipinski definition) is 0. The van der Waals surface area contributed by atoms with Crippen molar-refractivity contribution >= 4 is 17.9 Å². The van der Waals surface area contributed by atoms with Gasteiger partial charge in [-0.3, -0.25) is 14.4 Å². The molecule has 6 nitrogen and oxygen atoms in total. The Morgan fingerprint density at radius 2 is 0.444 bits per heavy atom. The van der Waals surface area contributed by atoms with Gasteiger partial charge in [0.15, 0.2) is 6.10 Å². The van der Waals surface area contributed by atoms with Crippen LogP contribution in [0.3, 0.4) is 0 Å². The van der Waals surface area contributed by atoms with Crippen molar-refractivity contribution in [2.24, 2.45) is 0 Å². The largest absolute Gasteiger partial charge is 0.462 e. The van der Waals surface area contributed by atoms with Crippen LogP contribution in [-0.4, -0.2) is 37.2 Å². The summed E-state index contributed by atoms with van der Waals surface area (Å²) in [5, 5.41) is 0. The molecule has 0 saturated carbocycles. The molecule has 0 rings (SSSR count). The van der Waals surface area contributed by atoms with Gasteiger partial charge in [0, 0.05) is 19.3 Å². The molecule has 452 valence electrons. The van der Waals surface area contributed by atoms with Crippen molar-refractivity contribution in [1.29, 1.82) is 0 Å². The van der Waals surface area contributed by atoms with E-state index >= 15 is 0 Å². The second kappa shape index (κ2) is 67.0. The molecule has 0 saturated heterocycles. The number of hydrogen-bond acceptors (Lipinski definition) is 6. The standard InChI is InChI=1S/C75H116O6/c1-4-7-10-13-16-19-22-25-28-31-33-35-36-37-38-40-41-44-47-50-53-56-59-62-65-68-74(77)80-71-72(70-79-73(76)67-64-61-58-55-52-49-46-43-30-27-24-21-18-15-12-9-6-3)81-75(78)69-66-63-60-57-54-51-48-45-42-39-34-32-29-26-23-20-17-14-11-8-5-2/h7-12,16-21,25-30,33-35,37-39,41,44,46,49-50,53,72H,4-6,13-15,22-24,31-32,36,40,42-43,45,47-48,51-52,54-71H2,1-3H3/b10-7-,11-8-,12-9-,19-16-,20-17-,21-18-,28-25-,29-26-,30-27-,35-33-,38-37-,39-34-,44-41-,49-46-,53-50-. The fourth-order valence-corrected chi connectivity index (χ4v) is 8.17. The Bertz CT molecular complexity index is 1900. The summed E-state index contributed by atoms with van der Waals surface area (Å²) in [5.41, 5.74) is 0. The average molecular weight is 1110 g/mol. The molecule has 0 heterocycles. The lowest BCUT2D eigenvalue weighted by atomic mass is 10.1. The van der Waals surface area contributed by atoms with Crippen LogP contribution in [0.4, 0.5) is 0 Å². The first-order valence-corrected chi connectivity index (χ1v) is 32.3. The van der Waals surface area contributed by atoms with Gasteiger partial charge in [-0.05, 0) is 154 Å². The molecular weight excluding hydrogens is 997 g/mol. The van der Waals surface area contributed by atoms with Crippen molar-refractivity contribution < 1.29 is 28.6 Å². The van der Waals surface area contributed by atoms with Crippen molar-refractivity contribution in [3.05, 3.63) is 182 Å². The van der Waals surface area contributed by atoms with Crippen molar-refractivity contribution in [3.63, 3.8) is 0 Å². The third-order valence-corrected chi connectivity index (χ3v) is 12.9. The Morgan fingerprint density at radius 3 is 0.704 bits per heavy atom. The maximum atomic E-state index is 12.9. The van der Waals surface area contributed by atoms with E-state index in [1.807, 2.05) is 0 Å². The van der Waals surface area contributed by atoms with Crippen LogP contribution in [0, 0.1) is 0 Å². The van der Waals surface area contributed by atoms with E-state index in [0.717, 1.165) is 180 Å². The van der Waals surface area contributed by atoms with Gasteiger partial charge >= 0.3 is 17.9 Å². The molecule has 1 unspecified atom stereocenters. The van der Waals surface area contributed by atoms with Gasteiger partial charge in [-0.25, -0.2) is 0 Å². The van der Waals surface area contributed by atoms with Gasteiger partial charge in [0.1, 0.15) is 13.2 Å². The van der Waals surface area contributed by atoms with Crippen LogP contribution in [0.5, 0.6) is 0 Å². The van der Waals surface area contributed by atoms with Crippen molar-refractivity contribution in [3.8, 4) is 0 Å². The van der Waals surface area contributed by atoms with Crippen LogP contribution in [0.15, 0.2) is 182 Å². The van der Waals surface area contributed by atoms with Gasteiger partial charge in [-0.2, -0.15) is 0 Å². The predicted molar refractivity (Wildman–Crippen MR) is 352 cm³/mol. The van der Waals surface area contributed by atoms with E-state index in [4.69, 9.17) is 14.2 Å². The summed E-state index contributed by atoms with van der Waals surface area (Å²) in [6, 6.07) is 0. The minimum atomic E-state index is -0.820. The van der Waals surface area contributed by atoms with Crippen molar-refractivity contribution in [2.75, 3.05) is 13.2 Å². The van der Waals surface area contributed by atoms with E-state index in [-0.39, 0.29) is 31.1 Å². The van der Waals surface area contributed by atoms with Gasteiger partial charge in [0.05, 0.1) is 0 Å². The maximum Gasteiger partial charge on any atom is 0.306 e. The summed E-state index contributed by atoms with van der Waals surface area (Å²) in [6.45, 7) is 6.24. The van der Waals surface area contributed by atoms with Gasteiger partial charge in [0.25, 0.3) is 0 Å². The fraction of sp³-hybridized carbons (Fsp3) is 0.560. The molecule has 0 aliphatic rings. The number of allylic oxidation sites excluding steroid dienone is 30. The van der Waals surface area contributed by atoms with Crippen LogP contribution >= 0.6 is 0 Å². The molecule has 0 spiro atoms. The third kappa shape index (κ3) is 65.2. The van der Waals surface area contributed by atoms with E-state index in [1.165, 1.54) is 32.1 Å². The minimum Gasteiger partial charge on any atom is -0.462 e. The van der Waals surface area contributed by atoms with Crippen LogP contribution in [0.2, 0.25) is 0 Å². The quantitative estimate of drug-likeness (QED) is 0.0261. The molecule has 0 amide bonds. The first-order chi connectivity index (χ1) is 40.0. The summed E-state index contributed by atoms with van der Waals surface area (Å²) < 4.78 is 16.9. The first kappa shape index (κ1) is 75.5. The van der Waals surface area contributed by atoms with Crippen LogP contribution in [-0.2, 0) is 28.6 Å². The van der Waals surface area contributed by atoms with Gasteiger partial charge in [-0.15, -0.1) is 0 Å². The molecule has 6 heteroatoms. The highest BCUT2D eigenvalue weighted by Gasteiger charge is 2.19. The Hall–Kier alpha value is -5.49. The molecule has 0 bridgehead atoms. The molecule has 0 N–H and O–H groups in total. The zero-order valence-electron chi connectivity index (χ0n) is 51.7. The van der Waals surface area contributed by atoms with Crippen LogP contribution < -0.4 is 0 Å². The molecule has 0 radical (unpaired) electrons. The van der Waals surface area contributed by atoms with Gasteiger partial charge in [-0.1, -0.05) is 261 Å². The second-order valence-corrected chi connectivity index (χ2v) is 20.5. The number of unbranched alkanes of at least 4 members (excludes halogenated alkanes) is 15. The molecule has 0 aromatic rings. The summed E-state index contributed by atoms with van der Waals surface area (Å²) in [6.07, 6.45) is 100. The molecule has 0 aliphatic heterocycles. The predicted octanol–water partition coefficient (Wildman–Crippen LogP) is 22.4. The van der Waals surface area contributed by atoms with Gasteiger partial charge in [0.2, 0.25) is 0 Å². The topological polar surface area (TPSA) is 78.9 Å². The number of esters is 3. The highest BCUT2D eigenvalue weighted by Crippen LogP contribution is 2.14. The lowest BCUT2D eigenvalue weighted by molar-refractivity contribution is -0.167. The van der Waals surface area contributed by atoms with E-state index < -0.39 is 6.10 Å². The van der Waals surface area contributed by atoms with Crippen LogP contribution in [0.1, 0.15) is 252 Å². The molecule has 0 aromatic heterocycles. The summed E-state index contributed by atoms with van der Waals surface area (Å²) in [7, 11) is 0. The number of carbonyl (C=O) groups is 3. The average Bonchev–Trinajstić information content (AvgIpc) is 3.47. The lowest BCUT2D eigenvalue weighted by Gasteiger charge is -2.18. The lowest BCUT2D eigenvalue weighted by Crippen LogP contribution is -2.30. The fourth-order valence-electron chi connectivity index (χ4n) is 8.17. The number of ether oxygens (including phenoxy) is 3. The Kier molecular flexibility index (Phi) is 62.5. The summed E-state index contributed by atoms with van der Waals surface area (Å²) >= 11 is 0. The zero-order valence-corrected chi connectivity index (χ0v) is 51.7. The van der Waals surface area contributed by atoms with Crippen molar-refractivity contribution in [1.82, 2.24) is 0 Å². The molecule has 1 atom stereocenters. The van der Waals surface area contributed by atoms with Crippen molar-refractivity contribution in [2.45, 2.75) is 258 Å². The Labute approximate surface area is 497 Å². The summed E-state index contributed by atoms with van der Waals surface area (Å²) in [5.74, 6) is -0.983. The maximum absolute atomic E-state index is 12.9. The van der Waals surface area contributed by atoms with Gasteiger partial charge < -0.3 is 14.2 Å². The minimum absolute atomic E-state index is 0.114. The molecular formula is C75H116O6. The highest BCUT2D eigenvalue weighted by molar-refractivity contribution is 5.71. The van der Waals surface area contributed by atoms with E-state index in [0.29, 0.717) is 19.3 Å². The third-order valence-electron chi connectivity index (χ3n) is 12.9. The number of rotatable bonds is 56. The molecule has 0 aromatic carbocycles. The number of carbonyl (C=O) groups excluding carboxylic acids is 3. The monoisotopic (exact) mass is 1110 g/mol. The smallest absolute Gasteiger partial charge is 0.306 e. The first-order valence-electron chi connectivity index (χ1n) is 32.3. The molecule has 81 heavy (non-hydrogen) atoms. The van der Waals surface area contributed by atoms with E-state index in [1.54, 1.807) is 0 Å². The second-order valence-electron chi connectivity index (χ2n) is 20.5. The van der Waals surface area contributed by atoms with E-state index in [9.17, 15) is 14.4 Å².